The van der Waals surface area contributed by atoms with Gasteiger partial charge in [0.05, 0.1) is 12.3 Å². The third-order valence-electron chi connectivity index (χ3n) is 4.93. The standard InChI is InChI=1S/C19H31N3O2/c1-5-15(6-2)19(23)22-10-8-9-16(12-22)18-17(13-24-7-3)11-20-14(4)21-18/h11,15-16H,5-10,12-13H2,1-4H3. The highest BCUT2D eigenvalue weighted by molar-refractivity contribution is 5.79. The largest absolute Gasteiger partial charge is 0.377 e. The molecule has 1 aliphatic rings. The van der Waals surface area contributed by atoms with Gasteiger partial charge in [-0.3, -0.25) is 4.79 Å². The molecule has 1 aliphatic heterocycles. The van der Waals surface area contributed by atoms with Crippen LogP contribution in [0.3, 0.4) is 0 Å². The molecule has 1 fully saturated rings. The molecule has 1 atom stereocenters. The second kappa shape index (κ2) is 9.11. The second-order valence-electron chi connectivity index (χ2n) is 6.60. The molecule has 0 bridgehead atoms. The van der Waals surface area contributed by atoms with Crippen molar-refractivity contribution in [1.29, 1.82) is 0 Å². The van der Waals surface area contributed by atoms with Gasteiger partial charge in [0.15, 0.2) is 0 Å². The molecule has 0 spiro atoms. The minimum atomic E-state index is 0.152. The first-order chi connectivity index (χ1) is 11.6. The SMILES string of the molecule is CCOCc1cnc(C)nc1C1CCCN(C(=O)C(CC)CC)C1. The second-order valence-corrected chi connectivity index (χ2v) is 6.60. The summed E-state index contributed by atoms with van der Waals surface area (Å²) in [6.45, 7) is 11.0. The predicted molar refractivity (Wildman–Crippen MR) is 94.7 cm³/mol. The smallest absolute Gasteiger partial charge is 0.225 e. The van der Waals surface area contributed by atoms with E-state index >= 15 is 0 Å². The third kappa shape index (κ3) is 4.53. The highest BCUT2D eigenvalue weighted by atomic mass is 16.5. The Morgan fingerprint density at radius 1 is 1.38 bits per heavy atom. The van der Waals surface area contributed by atoms with E-state index in [2.05, 4.69) is 18.8 Å². The molecular weight excluding hydrogens is 302 g/mol. The van der Waals surface area contributed by atoms with Crippen molar-refractivity contribution in [2.45, 2.75) is 65.9 Å². The van der Waals surface area contributed by atoms with Crippen LogP contribution in [-0.2, 0) is 16.1 Å². The van der Waals surface area contributed by atoms with Gasteiger partial charge in [0.1, 0.15) is 5.82 Å². The molecule has 1 amide bonds. The fourth-order valence-corrected chi connectivity index (χ4v) is 3.49. The van der Waals surface area contributed by atoms with E-state index in [-0.39, 0.29) is 11.8 Å². The molecule has 2 rings (SSSR count). The number of hydrogen-bond donors (Lipinski definition) is 0. The zero-order valence-corrected chi connectivity index (χ0v) is 15.5. The molecule has 24 heavy (non-hydrogen) atoms. The summed E-state index contributed by atoms with van der Waals surface area (Å²) in [7, 11) is 0. The predicted octanol–water partition coefficient (Wildman–Crippen LogP) is 3.46. The fraction of sp³-hybridized carbons (Fsp3) is 0.737. The molecular formula is C19H31N3O2. The molecule has 1 unspecified atom stereocenters. The number of aromatic nitrogens is 2. The van der Waals surface area contributed by atoms with E-state index in [1.165, 1.54) is 0 Å². The lowest BCUT2D eigenvalue weighted by Gasteiger charge is -2.35. The maximum absolute atomic E-state index is 12.7. The van der Waals surface area contributed by atoms with Crippen molar-refractivity contribution in [2.24, 2.45) is 5.92 Å². The highest BCUT2D eigenvalue weighted by Crippen LogP contribution is 2.29. The Morgan fingerprint density at radius 2 is 2.12 bits per heavy atom. The van der Waals surface area contributed by atoms with Crippen LogP contribution in [0.1, 0.15) is 69.5 Å². The minimum Gasteiger partial charge on any atom is -0.377 e. The molecule has 0 aliphatic carbocycles. The topological polar surface area (TPSA) is 55.3 Å². The molecule has 5 nitrogen and oxygen atoms in total. The molecule has 0 N–H and O–H groups in total. The Morgan fingerprint density at radius 3 is 2.79 bits per heavy atom. The van der Waals surface area contributed by atoms with Crippen LogP contribution in [0.2, 0.25) is 0 Å². The summed E-state index contributed by atoms with van der Waals surface area (Å²) in [5.41, 5.74) is 2.13. The first-order valence-electron chi connectivity index (χ1n) is 9.29. The number of carbonyl (C=O) groups is 1. The molecule has 0 radical (unpaired) electrons. The van der Waals surface area contributed by atoms with Gasteiger partial charge >= 0.3 is 0 Å². The van der Waals surface area contributed by atoms with Crippen molar-refractivity contribution in [3.05, 3.63) is 23.3 Å². The van der Waals surface area contributed by atoms with Crippen LogP contribution in [0, 0.1) is 12.8 Å². The Bertz CT molecular complexity index is 543. The first-order valence-corrected chi connectivity index (χ1v) is 9.29. The number of likely N-dealkylation sites (tertiary alicyclic amines) is 1. The first kappa shape index (κ1) is 18.8. The number of aryl methyl sites for hydroxylation is 1. The van der Waals surface area contributed by atoms with Crippen molar-refractivity contribution in [3.8, 4) is 0 Å². The minimum absolute atomic E-state index is 0.152. The lowest BCUT2D eigenvalue weighted by atomic mass is 9.90. The molecule has 1 aromatic rings. The van der Waals surface area contributed by atoms with Gasteiger partial charge in [-0.05, 0) is 39.5 Å². The lowest BCUT2D eigenvalue weighted by molar-refractivity contribution is -0.137. The van der Waals surface area contributed by atoms with E-state index in [1.54, 1.807) is 0 Å². The summed E-state index contributed by atoms with van der Waals surface area (Å²) in [5, 5.41) is 0. The van der Waals surface area contributed by atoms with Crippen LogP contribution in [0.5, 0.6) is 0 Å². The van der Waals surface area contributed by atoms with E-state index in [9.17, 15) is 4.79 Å². The van der Waals surface area contributed by atoms with Crippen LogP contribution in [0.4, 0.5) is 0 Å². The Hall–Kier alpha value is -1.49. The molecule has 0 saturated carbocycles. The number of carbonyl (C=O) groups excluding carboxylic acids is 1. The van der Waals surface area contributed by atoms with Crippen molar-refractivity contribution in [3.63, 3.8) is 0 Å². The number of ether oxygens (including phenoxy) is 1. The summed E-state index contributed by atoms with van der Waals surface area (Å²) in [4.78, 5) is 23.8. The van der Waals surface area contributed by atoms with Crippen LogP contribution >= 0.6 is 0 Å². The Labute approximate surface area is 145 Å². The summed E-state index contributed by atoms with van der Waals surface area (Å²) in [5.74, 6) is 1.53. The number of nitrogens with zero attached hydrogens (tertiary/aromatic N) is 3. The van der Waals surface area contributed by atoms with Crippen molar-refractivity contribution in [2.75, 3.05) is 19.7 Å². The van der Waals surface area contributed by atoms with E-state index in [4.69, 9.17) is 9.72 Å². The van der Waals surface area contributed by atoms with E-state index in [0.717, 1.165) is 55.9 Å². The monoisotopic (exact) mass is 333 g/mol. The maximum atomic E-state index is 12.7. The molecule has 1 aromatic heterocycles. The molecule has 2 heterocycles. The van der Waals surface area contributed by atoms with Gasteiger partial charge < -0.3 is 9.64 Å². The Balaban J connectivity index is 2.17. The molecule has 134 valence electrons. The van der Waals surface area contributed by atoms with E-state index in [0.29, 0.717) is 19.1 Å². The molecule has 5 heteroatoms. The normalized spacial score (nSPS) is 18.2. The average molecular weight is 333 g/mol. The van der Waals surface area contributed by atoms with Gasteiger partial charge in [-0.2, -0.15) is 0 Å². The Kier molecular flexibility index (Phi) is 7.16. The molecule has 1 saturated heterocycles. The maximum Gasteiger partial charge on any atom is 0.225 e. The molecule has 0 aromatic carbocycles. The quantitative estimate of drug-likeness (QED) is 0.767. The zero-order valence-electron chi connectivity index (χ0n) is 15.5. The summed E-state index contributed by atoms with van der Waals surface area (Å²) in [6.07, 6.45) is 5.82. The summed E-state index contributed by atoms with van der Waals surface area (Å²) >= 11 is 0. The number of amides is 1. The average Bonchev–Trinajstić information content (AvgIpc) is 2.61. The number of hydrogen-bond acceptors (Lipinski definition) is 4. The fourth-order valence-electron chi connectivity index (χ4n) is 3.49. The number of rotatable bonds is 7. The van der Waals surface area contributed by atoms with E-state index < -0.39 is 0 Å². The van der Waals surface area contributed by atoms with Crippen LogP contribution in [0.25, 0.3) is 0 Å². The van der Waals surface area contributed by atoms with Gasteiger partial charge in [0.25, 0.3) is 0 Å². The van der Waals surface area contributed by atoms with Crippen molar-refractivity contribution in [1.82, 2.24) is 14.9 Å². The lowest BCUT2D eigenvalue weighted by Crippen LogP contribution is -2.42. The highest BCUT2D eigenvalue weighted by Gasteiger charge is 2.29. The van der Waals surface area contributed by atoms with Gasteiger partial charge in [-0.25, -0.2) is 9.97 Å². The van der Waals surface area contributed by atoms with E-state index in [1.807, 2.05) is 24.9 Å². The van der Waals surface area contributed by atoms with Gasteiger partial charge in [0, 0.05) is 43.3 Å². The number of piperidine rings is 1. The van der Waals surface area contributed by atoms with Crippen molar-refractivity contribution >= 4 is 5.91 Å². The van der Waals surface area contributed by atoms with Crippen LogP contribution in [0.15, 0.2) is 6.20 Å². The zero-order chi connectivity index (χ0) is 17.5. The van der Waals surface area contributed by atoms with Crippen LogP contribution in [-0.4, -0.2) is 40.5 Å². The van der Waals surface area contributed by atoms with Crippen molar-refractivity contribution < 1.29 is 9.53 Å². The van der Waals surface area contributed by atoms with Crippen LogP contribution < -0.4 is 0 Å². The third-order valence-corrected chi connectivity index (χ3v) is 4.93. The summed E-state index contributed by atoms with van der Waals surface area (Å²) < 4.78 is 5.58. The summed E-state index contributed by atoms with van der Waals surface area (Å²) in [6, 6.07) is 0. The van der Waals surface area contributed by atoms with Gasteiger partial charge in [-0.1, -0.05) is 13.8 Å². The van der Waals surface area contributed by atoms with Gasteiger partial charge in [-0.15, -0.1) is 0 Å². The van der Waals surface area contributed by atoms with Gasteiger partial charge in [0.2, 0.25) is 5.91 Å².